The Balaban J connectivity index is 2.05. The van der Waals surface area contributed by atoms with E-state index in [0.717, 1.165) is 37.3 Å². The van der Waals surface area contributed by atoms with Gasteiger partial charge in [0.25, 0.3) is 0 Å². The zero-order valence-corrected chi connectivity index (χ0v) is 24.6. The van der Waals surface area contributed by atoms with Crippen LogP contribution < -0.4 is 9.62 Å². The number of amides is 2. The van der Waals surface area contributed by atoms with Crippen molar-refractivity contribution in [2.24, 2.45) is 0 Å². The molecule has 0 saturated heterocycles. The summed E-state index contributed by atoms with van der Waals surface area (Å²) in [6, 6.07) is 21.5. The molecule has 0 fully saturated rings. The Morgan fingerprint density at radius 1 is 0.947 bits per heavy atom. The first kappa shape index (κ1) is 29.4. The van der Waals surface area contributed by atoms with E-state index in [1.807, 2.05) is 75.4 Å². The molecule has 38 heavy (non-hydrogen) atoms. The molecule has 0 unspecified atom stereocenters. The van der Waals surface area contributed by atoms with Crippen LogP contribution in [0.3, 0.4) is 0 Å². The fourth-order valence-corrected chi connectivity index (χ4v) is 5.34. The highest BCUT2D eigenvalue weighted by atomic mass is 79.9. The van der Waals surface area contributed by atoms with Crippen LogP contribution in [0.4, 0.5) is 5.69 Å². The summed E-state index contributed by atoms with van der Waals surface area (Å²) in [5.41, 5.74) is 4.00. The summed E-state index contributed by atoms with van der Waals surface area (Å²) in [6.45, 7) is 5.77. The SMILES string of the molecule is CCNC(=O)[C@H](Cc1ccccc1)N(Cc1cccc(C)c1)C(=O)CN(c1ccc(Br)c(C)c1)S(C)(=O)=O. The van der Waals surface area contributed by atoms with Crippen LogP contribution in [-0.4, -0.2) is 50.5 Å². The molecule has 3 aromatic rings. The van der Waals surface area contributed by atoms with Gasteiger partial charge in [-0.15, -0.1) is 0 Å². The summed E-state index contributed by atoms with van der Waals surface area (Å²) in [5, 5.41) is 2.86. The zero-order valence-electron chi connectivity index (χ0n) is 22.1. The lowest BCUT2D eigenvalue weighted by Gasteiger charge is -2.33. The van der Waals surface area contributed by atoms with Crippen molar-refractivity contribution >= 4 is 43.5 Å². The van der Waals surface area contributed by atoms with E-state index in [9.17, 15) is 18.0 Å². The van der Waals surface area contributed by atoms with E-state index >= 15 is 0 Å². The normalized spacial score (nSPS) is 12.0. The molecule has 0 aliphatic carbocycles. The molecule has 1 N–H and O–H groups in total. The molecular weight excluding hydrogens is 566 g/mol. The minimum Gasteiger partial charge on any atom is -0.355 e. The van der Waals surface area contributed by atoms with E-state index < -0.39 is 28.5 Å². The first-order valence-corrected chi connectivity index (χ1v) is 15.0. The predicted molar refractivity (Wildman–Crippen MR) is 155 cm³/mol. The number of benzene rings is 3. The standard InChI is InChI=1S/C29H34BrN3O4S/c1-5-31-29(35)27(18-23-11-7-6-8-12-23)32(19-24-13-9-10-21(2)16-24)28(34)20-33(38(4,36)37)25-14-15-26(30)22(3)17-25/h6-17,27H,5,18-20H2,1-4H3,(H,31,35)/t27-/m0/s1. The second kappa shape index (κ2) is 13.1. The van der Waals surface area contributed by atoms with Crippen molar-refractivity contribution in [2.45, 2.75) is 39.8 Å². The Kier molecular flexibility index (Phi) is 10.1. The molecule has 0 aromatic heterocycles. The van der Waals surface area contributed by atoms with Crippen LogP contribution in [-0.2, 0) is 32.6 Å². The number of carbonyl (C=O) groups excluding carboxylic acids is 2. The number of hydrogen-bond acceptors (Lipinski definition) is 4. The molecule has 0 spiro atoms. The lowest BCUT2D eigenvalue weighted by Crippen LogP contribution is -2.53. The monoisotopic (exact) mass is 599 g/mol. The van der Waals surface area contributed by atoms with Crippen molar-refractivity contribution in [3.05, 3.63) is 99.5 Å². The van der Waals surface area contributed by atoms with Crippen LogP contribution >= 0.6 is 15.9 Å². The van der Waals surface area contributed by atoms with Crippen molar-refractivity contribution in [3.8, 4) is 0 Å². The summed E-state index contributed by atoms with van der Waals surface area (Å²) in [4.78, 5) is 28.8. The minimum absolute atomic E-state index is 0.159. The van der Waals surface area contributed by atoms with Crippen LogP contribution in [0.2, 0.25) is 0 Å². The van der Waals surface area contributed by atoms with Crippen LogP contribution in [0.15, 0.2) is 77.3 Å². The molecular formula is C29H34BrN3O4S. The summed E-state index contributed by atoms with van der Waals surface area (Å²) in [6.07, 6.45) is 1.37. The Morgan fingerprint density at radius 2 is 1.63 bits per heavy atom. The molecule has 0 aliphatic rings. The van der Waals surface area contributed by atoms with E-state index in [1.54, 1.807) is 18.2 Å². The van der Waals surface area contributed by atoms with Crippen LogP contribution in [0.1, 0.15) is 29.2 Å². The highest BCUT2D eigenvalue weighted by Crippen LogP contribution is 2.25. The van der Waals surface area contributed by atoms with Gasteiger partial charge in [-0.2, -0.15) is 0 Å². The summed E-state index contributed by atoms with van der Waals surface area (Å²) >= 11 is 3.44. The second-order valence-corrected chi connectivity index (χ2v) is 12.1. The molecule has 7 nitrogen and oxygen atoms in total. The van der Waals surface area contributed by atoms with E-state index in [1.165, 1.54) is 4.90 Å². The van der Waals surface area contributed by atoms with Crippen molar-refractivity contribution < 1.29 is 18.0 Å². The third kappa shape index (κ3) is 7.91. The van der Waals surface area contributed by atoms with E-state index in [2.05, 4.69) is 21.2 Å². The minimum atomic E-state index is -3.80. The average Bonchev–Trinajstić information content (AvgIpc) is 2.86. The average molecular weight is 601 g/mol. The maximum absolute atomic E-state index is 14.0. The number of nitrogens with zero attached hydrogens (tertiary/aromatic N) is 2. The van der Waals surface area contributed by atoms with Gasteiger partial charge in [0.1, 0.15) is 12.6 Å². The van der Waals surface area contributed by atoms with Crippen molar-refractivity contribution in [1.82, 2.24) is 10.2 Å². The topological polar surface area (TPSA) is 86.8 Å². The third-order valence-corrected chi connectivity index (χ3v) is 8.20. The van der Waals surface area contributed by atoms with E-state index in [4.69, 9.17) is 0 Å². The van der Waals surface area contributed by atoms with E-state index in [0.29, 0.717) is 18.7 Å². The fraction of sp³-hybridized carbons (Fsp3) is 0.310. The molecule has 2 amide bonds. The van der Waals surface area contributed by atoms with Gasteiger partial charge >= 0.3 is 0 Å². The smallest absolute Gasteiger partial charge is 0.244 e. The largest absolute Gasteiger partial charge is 0.355 e. The summed E-state index contributed by atoms with van der Waals surface area (Å²) in [7, 11) is -3.80. The number of nitrogens with one attached hydrogen (secondary N) is 1. The van der Waals surface area contributed by atoms with Gasteiger partial charge in [0.05, 0.1) is 11.9 Å². The quantitative estimate of drug-likeness (QED) is 0.349. The van der Waals surface area contributed by atoms with Gasteiger partial charge in [0.15, 0.2) is 0 Å². The Bertz CT molecular complexity index is 1380. The van der Waals surface area contributed by atoms with Crippen molar-refractivity contribution in [2.75, 3.05) is 23.7 Å². The molecule has 0 heterocycles. The molecule has 202 valence electrons. The van der Waals surface area contributed by atoms with Gasteiger partial charge in [-0.05, 0) is 55.7 Å². The maximum atomic E-state index is 14.0. The Morgan fingerprint density at radius 3 is 2.24 bits per heavy atom. The predicted octanol–water partition coefficient (Wildman–Crippen LogP) is 4.61. The first-order valence-electron chi connectivity index (χ1n) is 12.4. The van der Waals surface area contributed by atoms with Gasteiger partial charge in [-0.1, -0.05) is 76.1 Å². The van der Waals surface area contributed by atoms with Gasteiger partial charge in [0.2, 0.25) is 21.8 Å². The Labute approximate surface area is 234 Å². The number of hydrogen-bond donors (Lipinski definition) is 1. The van der Waals surface area contributed by atoms with Gasteiger partial charge < -0.3 is 10.2 Å². The Hall–Kier alpha value is -3.17. The molecule has 0 aliphatic heterocycles. The zero-order chi connectivity index (χ0) is 27.9. The van der Waals surface area contributed by atoms with Gasteiger partial charge in [0, 0.05) is 24.0 Å². The lowest BCUT2D eigenvalue weighted by atomic mass is 10.0. The number of sulfonamides is 1. The fourth-order valence-electron chi connectivity index (χ4n) is 4.25. The molecule has 0 saturated carbocycles. The highest BCUT2D eigenvalue weighted by Gasteiger charge is 2.33. The van der Waals surface area contributed by atoms with Crippen LogP contribution in [0.5, 0.6) is 0 Å². The number of aryl methyl sites for hydroxylation is 2. The first-order chi connectivity index (χ1) is 18.0. The number of carbonyl (C=O) groups is 2. The molecule has 0 bridgehead atoms. The summed E-state index contributed by atoms with van der Waals surface area (Å²) < 4.78 is 27.6. The molecule has 3 aromatic carbocycles. The second-order valence-electron chi connectivity index (χ2n) is 9.31. The lowest BCUT2D eigenvalue weighted by molar-refractivity contribution is -0.140. The maximum Gasteiger partial charge on any atom is 0.244 e. The molecule has 1 atom stereocenters. The van der Waals surface area contributed by atoms with Gasteiger partial charge in [-0.25, -0.2) is 8.42 Å². The third-order valence-electron chi connectivity index (χ3n) is 6.17. The number of likely N-dealkylation sites (N-methyl/N-ethyl adjacent to an activating group) is 1. The van der Waals surface area contributed by atoms with E-state index in [-0.39, 0.29) is 12.5 Å². The molecule has 9 heteroatoms. The van der Waals surface area contributed by atoms with Crippen molar-refractivity contribution in [1.29, 1.82) is 0 Å². The molecule has 0 radical (unpaired) electrons. The number of halogens is 1. The highest BCUT2D eigenvalue weighted by molar-refractivity contribution is 9.10. The number of anilines is 1. The van der Waals surface area contributed by atoms with Gasteiger partial charge in [-0.3, -0.25) is 13.9 Å². The summed E-state index contributed by atoms with van der Waals surface area (Å²) in [5.74, 6) is -0.757. The van der Waals surface area contributed by atoms with Crippen molar-refractivity contribution in [3.63, 3.8) is 0 Å². The van der Waals surface area contributed by atoms with Crippen LogP contribution in [0, 0.1) is 13.8 Å². The van der Waals surface area contributed by atoms with Crippen LogP contribution in [0.25, 0.3) is 0 Å². The molecule has 3 rings (SSSR count). The number of rotatable bonds is 11.